The highest BCUT2D eigenvalue weighted by Crippen LogP contribution is 2.47. The molecule has 0 radical (unpaired) electrons. The first-order chi connectivity index (χ1) is 11.8. The molecule has 0 fully saturated rings. The van der Waals surface area contributed by atoms with Gasteiger partial charge < -0.3 is 19.1 Å². The van der Waals surface area contributed by atoms with Crippen LogP contribution >= 0.6 is 0 Å². The average molecular weight is 339 g/mol. The Hall–Kier alpha value is -2.53. The maximum atomic E-state index is 13.1. The van der Waals surface area contributed by atoms with Crippen molar-refractivity contribution in [3.63, 3.8) is 0 Å². The Morgan fingerprint density at radius 1 is 1.28 bits per heavy atom. The van der Waals surface area contributed by atoms with Crippen molar-refractivity contribution >= 4 is 21.8 Å². The Morgan fingerprint density at radius 3 is 2.72 bits per heavy atom. The summed E-state index contributed by atoms with van der Waals surface area (Å²) in [6.45, 7) is 3.88. The predicted octanol–water partition coefficient (Wildman–Crippen LogP) is 3.29. The van der Waals surface area contributed by atoms with E-state index in [1.165, 1.54) is 7.11 Å². The summed E-state index contributed by atoms with van der Waals surface area (Å²) < 4.78 is 13.7. The van der Waals surface area contributed by atoms with Crippen LogP contribution in [0.2, 0.25) is 0 Å². The van der Waals surface area contributed by atoms with Crippen LogP contribution in [0.1, 0.15) is 31.9 Å². The molecule has 0 bridgehead atoms. The number of aliphatic hydroxyl groups is 1. The van der Waals surface area contributed by atoms with Crippen molar-refractivity contribution in [1.82, 2.24) is 4.57 Å². The van der Waals surface area contributed by atoms with E-state index in [-0.39, 0.29) is 5.43 Å². The predicted molar refractivity (Wildman–Crippen MR) is 97.5 cm³/mol. The Balaban J connectivity index is 2.21. The summed E-state index contributed by atoms with van der Waals surface area (Å²) in [6, 6.07) is 9.33. The van der Waals surface area contributed by atoms with E-state index in [4.69, 9.17) is 9.47 Å². The molecular formula is C20H21NO4. The smallest absolute Gasteiger partial charge is 0.200 e. The van der Waals surface area contributed by atoms with E-state index < -0.39 is 11.7 Å². The number of hydrogen-bond acceptors (Lipinski definition) is 4. The lowest BCUT2D eigenvalue weighted by molar-refractivity contribution is 0.0103. The molecule has 0 amide bonds. The third-order valence-electron chi connectivity index (χ3n) is 4.97. The van der Waals surface area contributed by atoms with Crippen molar-refractivity contribution in [1.29, 1.82) is 0 Å². The molecule has 25 heavy (non-hydrogen) atoms. The van der Waals surface area contributed by atoms with Crippen LogP contribution in [0.25, 0.3) is 21.8 Å². The number of aromatic nitrogens is 1. The second kappa shape index (κ2) is 5.23. The topological polar surface area (TPSA) is 60.7 Å². The van der Waals surface area contributed by atoms with Crippen molar-refractivity contribution in [3.05, 3.63) is 46.1 Å². The number of para-hydroxylation sites is 1. The number of hydrogen-bond donors (Lipinski definition) is 1. The van der Waals surface area contributed by atoms with Crippen molar-refractivity contribution in [2.24, 2.45) is 7.05 Å². The Kier molecular flexibility index (Phi) is 3.34. The Bertz CT molecular complexity index is 1060. The van der Waals surface area contributed by atoms with Crippen LogP contribution in [-0.4, -0.2) is 22.4 Å². The summed E-state index contributed by atoms with van der Waals surface area (Å²) in [5, 5.41) is 11.8. The minimum absolute atomic E-state index is 0.0969. The molecule has 1 aromatic heterocycles. The van der Waals surface area contributed by atoms with Gasteiger partial charge >= 0.3 is 0 Å². The molecule has 1 aliphatic heterocycles. The summed E-state index contributed by atoms with van der Waals surface area (Å²) in [6.07, 6.45) is -0.301. The summed E-state index contributed by atoms with van der Waals surface area (Å²) in [5.41, 5.74) is 1.55. The van der Waals surface area contributed by atoms with Crippen LogP contribution in [0.5, 0.6) is 11.5 Å². The fourth-order valence-electron chi connectivity index (χ4n) is 3.86. The van der Waals surface area contributed by atoms with Crippen molar-refractivity contribution in [2.75, 3.05) is 7.11 Å². The Labute approximate surface area is 145 Å². The van der Waals surface area contributed by atoms with Crippen LogP contribution < -0.4 is 14.9 Å². The van der Waals surface area contributed by atoms with Gasteiger partial charge in [0.15, 0.2) is 0 Å². The van der Waals surface area contributed by atoms with Crippen LogP contribution in [0.3, 0.4) is 0 Å². The summed E-state index contributed by atoms with van der Waals surface area (Å²) in [5.74, 6) is 0.972. The summed E-state index contributed by atoms with van der Waals surface area (Å²) in [4.78, 5) is 13.1. The quantitative estimate of drug-likeness (QED) is 0.691. The van der Waals surface area contributed by atoms with E-state index in [0.717, 1.165) is 11.0 Å². The fourth-order valence-corrected chi connectivity index (χ4v) is 3.86. The molecule has 5 heteroatoms. The lowest BCUT2D eigenvalue weighted by atomic mass is 9.89. The first-order valence-electron chi connectivity index (χ1n) is 8.33. The molecular weight excluding hydrogens is 318 g/mol. The summed E-state index contributed by atoms with van der Waals surface area (Å²) >= 11 is 0. The van der Waals surface area contributed by atoms with Gasteiger partial charge in [-0.25, -0.2) is 0 Å². The van der Waals surface area contributed by atoms with Crippen LogP contribution in [0.15, 0.2) is 35.1 Å². The molecule has 0 spiro atoms. The van der Waals surface area contributed by atoms with Crippen molar-refractivity contribution in [3.8, 4) is 11.5 Å². The molecule has 3 aromatic rings. The fraction of sp³-hybridized carbons (Fsp3) is 0.350. The number of fused-ring (bicyclic) bond motifs is 3. The van der Waals surface area contributed by atoms with Gasteiger partial charge in [-0.3, -0.25) is 4.79 Å². The van der Waals surface area contributed by atoms with Gasteiger partial charge in [-0.15, -0.1) is 0 Å². The highest BCUT2D eigenvalue weighted by atomic mass is 16.5. The molecule has 4 rings (SSSR count). The zero-order valence-corrected chi connectivity index (χ0v) is 14.8. The highest BCUT2D eigenvalue weighted by Gasteiger charge is 2.36. The van der Waals surface area contributed by atoms with Crippen molar-refractivity contribution < 1.29 is 14.6 Å². The lowest BCUT2D eigenvalue weighted by Gasteiger charge is -2.36. The van der Waals surface area contributed by atoms with E-state index in [2.05, 4.69) is 0 Å². The van der Waals surface area contributed by atoms with E-state index in [1.54, 1.807) is 0 Å². The van der Waals surface area contributed by atoms with Crippen LogP contribution in [-0.2, 0) is 7.05 Å². The SMILES string of the molecule is COc1c2c(cc3c1c(=O)c1ccccc1n3C)OC(C)(C)CC2O. The zero-order chi connectivity index (χ0) is 17.9. The second-order valence-corrected chi connectivity index (χ2v) is 7.20. The number of benzene rings is 2. The van der Waals surface area contributed by atoms with Gasteiger partial charge in [0.05, 0.1) is 35.2 Å². The van der Waals surface area contributed by atoms with Gasteiger partial charge in [-0.1, -0.05) is 12.1 Å². The normalized spacial score (nSPS) is 18.8. The number of aryl methyl sites for hydroxylation is 1. The maximum Gasteiger partial charge on any atom is 0.200 e. The van der Waals surface area contributed by atoms with Crippen LogP contribution in [0.4, 0.5) is 0 Å². The number of pyridine rings is 1. The molecule has 5 nitrogen and oxygen atoms in total. The monoisotopic (exact) mass is 339 g/mol. The van der Waals surface area contributed by atoms with E-state index >= 15 is 0 Å². The number of ether oxygens (including phenoxy) is 2. The third kappa shape index (κ3) is 2.23. The summed E-state index contributed by atoms with van der Waals surface area (Å²) in [7, 11) is 3.44. The molecule has 0 saturated heterocycles. The number of methoxy groups -OCH3 is 1. The van der Waals surface area contributed by atoms with E-state index in [0.29, 0.717) is 34.3 Å². The molecule has 130 valence electrons. The number of rotatable bonds is 1. The second-order valence-electron chi connectivity index (χ2n) is 7.20. The molecule has 1 aliphatic rings. The van der Waals surface area contributed by atoms with Gasteiger partial charge in [0.2, 0.25) is 5.43 Å². The van der Waals surface area contributed by atoms with Gasteiger partial charge in [-0.2, -0.15) is 0 Å². The van der Waals surface area contributed by atoms with Crippen LogP contribution in [0, 0.1) is 0 Å². The Morgan fingerprint density at radius 2 is 2.00 bits per heavy atom. The van der Waals surface area contributed by atoms with Gasteiger partial charge in [-0.05, 0) is 26.0 Å². The lowest BCUT2D eigenvalue weighted by Crippen LogP contribution is -2.35. The first-order valence-corrected chi connectivity index (χ1v) is 8.33. The van der Waals surface area contributed by atoms with Crippen molar-refractivity contribution in [2.45, 2.75) is 32.0 Å². The maximum absolute atomic E-state index is 13.1. The molecule has 2 heterocycles. The van der Waals surface area contributed by atoms with Gasteiger partial charge in [0.1, 0.15) is 17.1 Å². The minimum Gasteiger partial charge on any atom is -0.495 e. The number of nitrogens with zero attached hydrogens (tertiary/aromatic N) is 1. The van der Waals surface area contributed by atoms with E-state index in [9.17, 15) is 9.90 Å². The molecule has 2 aromatic carbocycles. The highest BCUT2D eigenvalue weighted by molar-refractivity contribution is 5.98. The molecule has 1 unspecified atom stereocenters. The molecule has 1 N–H and O–H groups in total. The van der Waals surface area contributed by atoms with Gasteiger partial charge in [0, 0.05) is 24.9 Å². The van der Waals surface area contributed by atoms with E-state index in [1.807, 2.05) is 55.8 Å². The largest absolute Gasteiger partial charge is 0.495 e. The first kappa shape index (κ1) is 16.0. The molecule has 0 saturated carbocycles. The van der Waals surface area contributed by atoms with Gasteiger partial charge in [0.25, 0.3) is 0 Å². The standard InChI is InChI=1S/C20H21NO4/c1-20(2)10-14(22)17-15(25-20)9-13-16(19(17)24-4)18(23)11-7-5-6-8-12(11)21(13)3/h5-9,14,22H,10H2,1-4H3. The average Bonchev–Trinajstić information content (AvgIpc) is 2.56. The number of aliphatic hydroxyl groups excluding tert-OH is 1. The minimum atomic E-state index is -0.741. The molecule has 1 atom stereocenters. The third-order valence-corrected chi connectivity index (χ3v) is 4.97. The zero-order valence-electron chi connectivity index (χ0n) is 14.8. The molecule has 0 aliphatic carbocycles.